The van der Waals surface area contributed by atoms with Crippen molar-refractivity contribution in [3.05, 3.63) is 57.8 Å². The third-order valence-electron chi connectivity index (χ3n) is 3.33. The lowest BCUT2D eigenvalue weighted by Gasteiger charge is -2.21. The van der Waals surface area contributed by atoms with Crippen LogP contribution in [0.4, 0.5) is 0 Å². The molecule has 0 saturated heterocycles. The van der Waals surface area contributed by atoms with Gasteiger partial charge in [-0.3, -0.25) is 4.98 Å². The summed E-state index contributed by atoms with van der Waals surface area (Å²) in [6.07, 6.45) is 4.16. The summed E-state index contributed by atoms with van der Waals surface area (Å²) in [6, 6.07) is 7.58. The molecule has 2 rings (SSSR count). The minimum absolute atomic E-state index is 0.0605. The van der Waals surface area contributed by atoms with Crippen LogP contribution in [0.1, 0.15) is 24.1 Å². The van der Waals surface area contributed by atoms with E-state index in [9.17, 15) is 0 Å². The van der Waals surface area contributed by atoms with Crippen LogP contribution in [0.3, 0.4) is 0 Å². The van der Waals surface area contributed by atoms with Gasteiger partial charge in [-0.25, -0.2) is 0 Å². The monoisotopic (exact) mass is 324 g/mol. The van der Waals surface area contributed by atoms with Crippen LogP contribution in [-0.4, -0.2) is 18.6 Å². The molecule has 1 aromatic carbocycles. The molecule has 0 amide bonds. The molecule has 0 radical (unpaired) electrons. The molecular weight excluding hydrogens is 307 g/mol. The Kier molecular flexibility index (Phi) is 5.85. The van der Waals surface area contributed by atoms with Crippen molar-refractivity contribution in [1.29, 1.82) is 0 Å². The van der Waals surface area contributed by atoms with Gasteiger partial charge >= 0.3 is 0 Å². The second-order valence-electron chi connectivity index (χ2n) is 4.63. The Bertz CT molecular complexity index is 584. The van der Waals surface area contributed by atoms with Gasteiger partial charge in [-0.05, 0) is 36.7 Å². The number of nitrogens with one attached hydrogen (secondary N) is 1. The second kappa shape index (κ2) is 7.64. The highest BCUT2D eigenvalue weighted by atomic mass is 35.5. The summed E-state index contributed by atoms with van der Waals surface area (Å²) in [7, 11) is 1.64. The average Bonchev–Trinajstić information content (AvgIpc) is 2.50. The van der Waals surface area contributed by atoms with Crippen LogP contribution >= 0.6 is 23.2 Å². The van der Waals surface area contributed by atoms with E-state index in [0.717, 1.165) is 23.4 Å². The van der Waals surface area contributed by atoms with Gasteiger partial charge in [0, 0.05) is 27.8 Å². The number of likely N-dealkylation sites (N-methyl/N-ethyl adjacent to an activating group) is 1. The number of nitrogens with zero attached hydrogens (tertiary/aromatic N) is 1. The molecule has 0 aliphatic rings. The van der Waals surface area contributed by atoms with Crippen molar-refractivity contribution in [2.45, 2.75) is 19.4 Å². The van der Waals surface area contributed by atoms with E-state index in [1.807, 2.05) is 24.3 Å². The molecule has 5 heteroatoms. The molecule has 0 spiro atoms. The molecule has 2 aromatic rings. The predicted molar refractivity (Wildman–Crippen MR) is 87.4 cm³/mol. The zero-order chi connectivity index (χ0) is 15.2. The summed E-state index contributed by atoms with van der Waals surface area (Å²) in [5.41, 5.74) is 1.98. The van der Waals surface area contributed by atoms with Crippen LogP contribution in [0.5, 0.6) is 5.75 Å². The van der Waals surface area contributed by atoms with Gasteiger partial charge in [0.25, 0.3) is 0 Å². The summed E-state index contributed by atoms with van der Waals surface area (Å²) in [5.74, 6) is 0.756. The Labute approximate surface area is 135 Å². The first-order valence-corrected chi connectivity index (χ1v) is 7.57. The molecule has 112 valence electrons. The number of ether oxygens (including phenoxy) is 1. The fraction of sp³-hybridized carbons (Fsp3) is 0.312. The molecule has 21 heavy (non-hydrogen) atoms. The third-order valence-corrected chi connectivity index (χ3v) is 4.04. The Morgan fingerprint density at radius 1 is 1.24 bits per heavy atom. The fourth-order valence-corrected chi connectivity index (χ4v) is 2.87. The highest BCUT2D eigenvalue weighted by Gasteiger charge is 2.18. The first-order valence-electron chi connectivity index (χ1n) is 6.81. The summed E-state index contributed by atoms with van der Waals surface area (Å²) in [6.45, 7) is 2.90. The SMILES string of the molecule is CCNC(Cc1c(Cl)cccc1Cl)c1ccncc1OC. The molecule has 0 aliphatic heterocycles. The van der Waals surface area contributed by atoms with Crippen molar-refractivity contribution in [3.8, 4) is 5.75 Å². The number of benzene rings is 1. The quantitative estimate of drug-likeness (QED) is 0.860. The molecule has 0 fully saturated rings. The summed E-state index contributed by atoms with van der Waals surface area (Å²) in [5, 5.41) is 4.81. The molecule has 1 aromatic heterocycles. The Morgan fingerprint density at radius 2 is 1.95 bits per heavy atom. The first-order chi connectivity index (χ1) is 10.2. The number of methoxy groups -OCH3 is 1. The maximum atomic E-state index is 6.28. The van der Waals surface area contributed by atoms with Gasteiger partial charge in [0.1, 0.15) is 5.75 Å². The van der Waals surface area contributed by atoms with Gasteiger partial charge in [0.2, 0.25) is 0 Å². The molecule has 3 nitrogen and oxygen atoms in total. The lowest BCUT2D eigenvalue weighted by molar-refractivity contribution is 0.397. The van der Waals surface area contributed by atoms with Gasteiger partial charge in [0.15, 0.2) is 0 Å². The second-order valence-corrected chi connectivity index (χ2v) is 5.45. The summed E-state index contributed by atoms with van der Waals surface area (Å²) in [4.78, 5) is 4.10. The van der Waals surface area contributed by atoms with Crippen molar-refractivity contribution >= 4 is 23.2 Å². The molecular formula is C16H18Cl2N2O. The van der Waals surface area contributed by atoms with E-state index in [1.165, 1.54) is 0 Å². The molecule has 1 N–H and O–H groups in total. The van der Waals surface area contributed by atoms with Crippen molar-refractivity contribution in [2.24, 2.45) is 0 Å². The average molecular weight is 325 g/mol. The van der Waals surface area contributed by atoms with E-state index in [1.54, 1.807) is 19.5 Å². The smallest absolute Gasteiger partial charge is 0.141 e. The number of pyridine rings is 1. The predicted octanol–water partition coefficient (Wildman–Crippen LogP) is 4.29. The normalized spacial score (nSPS) is 12.2. The molecule has 0 saturated carbocycles. The van der Waals surface area contributed by atoms with E-state index in [0.29, 0.717) is 16.5 Å². The minimum atomic E-state index is 0.0605. The maximum absolute atomic E-state index is 6.28. The minimum Gasteiger partial charge on any atom is -0.495 e. The number of rotatable bonds is 6. The van der Waals surface area contributed by atoms with Crippen LogP contribution in [-0.2, 0) is 6.42 Å². The topological polar surface area (TPSA) is 34.2 Å². The maximum Gasteiger partial charge on any atom is 0.141 e. The number of aromatic nitrogens is 1. The number of halogens is 2. The van der Waals surface area contributed by atoms with Gasteiger partial charge < -0.3 is 10.1 Å². The Balaban J connectivity index is 2.35. The van der Waals surface area contributed by atoms with Gasteiger partial charge in [-0.2, -0.15) is 0 Å². The molecule has 0 aliphatic carbocycles. The van der Waals surface area contributed by atoms with Crippen LogP contribution in [0.2, 0.25) is 10.0 Å². The lowest BCUT2D eigenvalue weighted by Crippen LogP contribution is -2.23. The Hall–Kier alpha value is -1.29. The highest BCUT2D eigenvalue weighted by Crippen LogP contribution is 2.32. The third kappa shape index (κ3) is 3.88. The van der Waals surface area contributed by atoms with Gasteiger partial charge in [0.05, 0.1) is 13.3 Å². The van der Waals surface area contributed by atoms with Crippen LogP contribution in [0.25, 0.3) is 0 Å². The van der Waals surface area contributed by atoms with Crippen molar-refractivity contribution in [1.82, 2.24) is 10.3 Å². The van der Waals surface area contributed by atoms with Crippen molar-refractivity contribution < 1.29 is 4.74 Å². The van der Waals surface area contributed by atoms with Crippen LogP contribution in [0, 0.1) is 0 Å². The largest absolute Gasteiger partial charge is 0.495 e. The van der Waals surface area contributed by atoms with Crippen molar-refractivity contribution in [2.75, 3.05) is 13.7 Å². The lowest BCUT2D eigenvalue weighted by atomic mass is 9.98. The molecule has 1 atom stereocenters. The van der Waals surface area contributed by atoms with Crippen LogP contribution in [0.15, 0.2) is 36.7 Å². The zero-order valence-electron chi connectivity index (χ0n) is 12.1. The zero-order valence-corrected chi connectivity index (χ0v) is 13.6. The first kappa shape index (κ1) is 16.1. The number of hydrogen-bond donors (Lipinski definition) is 1. The molecule has 1 heterocycles. The van der Waals surface area contributed by atoms with Crippen LogP contribution < -0.4 is 10.1 Å². The fourth-order valence-electron chi connectivity index (χ4n) is 2.32. The van der Waals surface area contributed by atoms with E-state index < -0.39 is 0 Å². The van der Waals surface area contributed by atoms with E-state index in [-0.39, 0.29) is 6.04 Å². The van der Waals surface area contributed by atoms with Gasteiger partial charge in [-0.1, -0.05) is 36.2 Å². The summed E-state index contributed by atoms with van der Waals surface area (Å²) >= 11 is 12.6. The number of hydrogen-bond acceptors (Lipinski definition) is 3. The summed E-state index contributed by atoms with van der Waals surface area (Å²) < 4.78 is 5.40. The highest BCUT2D eigenvalue weighted by molar-refractivity contribution is 6.36. The molecule has 0 bridgehead atoms. The van der Waals surface area contributed by atoms with Gasteiger partial charge in [-0.15, -0.1) is 0 Å². The van der Waals surface area contributed by atoms with Crippen molar-refractivity contribution in [3.63, 3.8) is 0 Å². The standard InChI is InChI=1S/C16H18Cl2N2O/c1-3-20-15(11-7-8-19-10-16(11)21-2)9-12-13(17)5-4-6-14(12)18/h4-8,10,15,20H,3,9H2,1-2H3. The van der Waals surface area contributed by atoms with E-state index in [2.05, 4.69) is 17.2 Å². The van der Waals surface area contributed by atoms with E-state index in [4.69, 9.17) is 27.9 Å². The Morgan fingerprint density at radius 3 is 2.57 bits per heavy atom. The molecule has 1 unspecified atom stereocenters. The van der Waals surface area contributed by atoms with E-state index >= 15 is 0 Å².